The molecule has 8 atom stereocenters. The molecule has 0 unspecified atom stereocenters. The number of unbranched alkanes of at least 4 members (excludes halogenated alkanes) is 1. The molecule has 51 heavy (non-hydrogen) atoms. The maximum Gasteiger partial charge on any atom is 0.137 e. The lowest BCUT2D eigenvalue weighted by Crippen LogP contribution is -2.51. The fourth-order valence-corrected chi connectivity index (χ4v) is 11.3. The Labute approximate surface area is 308 Å². The van der Waals surface area contributed by atoms with E-state index >= 15 is 0 Å². The molecule has 5 heteroatoms. The van der Waals surface area contributed by atoms with Gasteiger partial charge in [0.2, 0.25) is 0 Å². The predicted octanol–water partition coefficient (Wildman–Crippen LogP) is 13.5. The summed E-state index contributed by atoms with van der Waals surface area (Å²) in [5.74, 6) is 6.30. The second-order valence-electron chi connectivity index (χ2n) is 17.7. The summed E-state index contributed by atoms with van der Waals surface area (Å²) >= 11 is 0. The highest BCUT2D eigenvalue weighted by Crippen LogP contribution is 2.67. The Hall–Kier alpha value is -3.05. The SMILES string of the molecule is CC(C)CCC[C@@H](C)[C@H]1CC[C@H]2[C@@H]3CC=C4C[C@@H](OCCCCc5cc(-c6ccc(N=Nc7ccccc7)cc6)no5)CC[C@]4(C)[C@H]3CC[C@]12C. The molecular formula is C46H63N3O2. The second-order valence-corrected chi connectivity index (χ2v) is 17.7. The first-order valence-electron chi connectivity index (χ1n) is 20.6. The number of aromatic nitrogens is 1. The van der Waals surface area contributed by atoms with Crippen molar-refractivity contribution in [3.63, 3.8) is 0 Å². The molecule has 3 fully saturated rings. The normalized spacial score (nSPS) is 30.9. The smallest absolute Gasteiger partial charge is 0.137 e. The standard InChI is InChI=1S/C46H63N3O2/c1-32(2)12-11-13-33(3)41-23-24-42-40-22-19-35-30-38(25-27-45(35,4)43(40)26-28-46(41,42)5)50-29-10-9-16-39-31-44(49-51-39)34-17-20-37(21-18-34)48-47-36-14-7-6-8-15-36/h6-8,14-15,17-21,31-33,38,40-43H,9-13,16,22-30H2,1-5H3/t33-,38+,40+,41-,42+,43+,45+,46-/m1/s1. The number of benzene rings is 2. The number of ether oxygens (including phenoxy) is 1. The number of fused-ring (bicyclic) bond motifs is 5. The van der Waals surface area contributed by atoms with Gasteiger partial charge in [-0.25, -0.2) is 0 Å². The molecular weight excluding hydrogens is 627 g/mol. The fourth-order valence-electron chi connectivity index (χ4n) is 11.3. The van der Waals surface area contributed by atoms with Crippen LogP contribution in [0.25, 0.3) is 11.3 Å². The third kappa shape index (κ3) is 7.99. The van der Waals surface area contributed by atoms with Gasteiger partial charge in [0.05, 0.1) is 17.5 Å². The van der Waals surface area contributed by atoms with Crippen LogP contribution in [0.15, 0.2) is 87.1 Å². The van der Waals surface area contributed by atoms with Gasteiger partial charge >= 0.3 is 0 Å². The zero-order valence-corrected chi connectivity index (χ0v) is 32.2. The molecule has 3 aromatic rings. The van der Waals surface area contributed by atoms with Crippen LogP contribution in [0.3, 0.4) is 0 Å². The van der Waals surface area contributed by atoms with Gasteiger partial charge in [0.25, 0.3) is 0 Å². The highest BCUT2D eigenvalue weighted by Gasteiger charge is 2.59. The highest BCUT2D eigenvalue weighted by molar-refractivity contribution is 5.61. The summed E-state index contributed by atoms with van der Waals surface area (Å²) in [5.41, 5.74) is 6.24. The van der Waals surface area contributed by atoms with E-state index in [0.29, 0.717) is 16.9 Å². The van der Waals surface area contributed by atoms with Gasteiger partial charge in [0.15, 0.2) is 0 Å². The highest BCUT2D eigenvalue weighted by atomic mass is 16.5. The van der Waals surface area contributed by atoms with Crippen LogP contribution in [-0.4, -0.2) is 17.9 Å². The minimum atomic E-state index is 0.379. The maximum absolute atomic E-state index is 6.55. The summed E-state index contributed by atoms with van der Waals surface area (Å²) in [6.07, 6.45) is 21.2. The Bertz CT molecular complexity index is 1630. The lowest BCUT2D eigenvalue weighted by Gasteiger charge is -2.58. The molecule has 0 N–H and O–H groups in total. The number of allylic oxidation sites excluding steroid dienone is 1. The van der Waals surface area contributed by atoms with Gasteiger partial charge in [-0.1, -0.05) is 101 Å². The van der Waals surface area contributed by atoms with Crippen molar-refractivity contribution >= 4 is 11.4 Å². The number of nitrogens with zero attached hydrogens (tertiary/aromatic N) is 3. The molecule has 1 aromatic heterocycles. The Morgan fingerprint density at radius 1 is 0.843 bits per heavy atom. The van der Waals surface area contributed by atoms with E-state index in [1.165, 1.54) is 64.2 Å². The van der Waals surface area contributed by atoms with Crippen LogP contribution in [0.1, 0.15) is 124 Å². The van der Waals surface area contributed by atoms with Crippen molar-refractivity contribution in [2.24, 2.45) is 56.6 Å². The molecule has 7 rings (SSSR count). The maximum atomic E-state index is 6.55. The molecule has 0 amide bonds. The third-order valence-corrected chi connectivity index (χ3v) is 14.2. The first-order valence-corrected chi connectivity index (χ1v) is 20.6. The fraction of sp³-hybridized carbons (Fsp3) is 0.630. The van der Waals surface area contributed by atoms with E-state index in [-0.39, 0.29) is 0 Å². The van der Waals surface area contributed by atoms with Gasteiger partial charge in [-0.15, -0.1) is 0 Å². The number of azo groups is 1. The molecule has 4 aliphatic carbocycles. The van der Waals surface area contributed by atoms with Crippen molar-refractivity contribution in [2.75, 3.05) is 6.61 Å². The quantitative estimate of drug-likeness (QED) is 0.0961. The van der Waals surface area contributed by atoms with Crippen molar-refractivity contribution in [1.29, 1.82) is 0 Å². The molecule has 0 aliphatic heterocycles. The van der Waals surface area contributed by atoms with Gasteiger partial charge in [-0.2, -0.15) is 10.2 Å². The number of rotatable bonds is 14. The van der Waals surface area contributed by atoms with Crippen LogP contribution in [-0.2, 0) is 11.2 Å². The van der Waals surface area contributed by atoms with Gasteiger partial charge in [-0.05, 0) is 135 Å². The van der Waals surface area contributed by atoms with Crippen molar-refractivity contribution in [3.8, 4) is 11.3 Å². The molecule has 0 spiro atoms. The lowest BCUT2D eigenvalue weighted by atomic mass is 9.47. The number of aryl methyl sites for hydroxylation is 1. The van der Waals surface area contributed by atoms with E-state index in [9.17, 15) is 0 Å². The van der Waals surface area contributed by atoms with Gasteiger partial charge in [-0.3, -0.25) is 0 Å². The Morgan fingerprint density at radius 2 is 1.63 bits per heavy atom. The van der Waals surface area contributed by atoms with Crippen LogP contribution in [0.2, 0.25) is 0 Å². The zero-order valence-electron chi connectivity index (χ0n) is 32.2. The summed E-state index contributed by atoms with van der Waals surface area (Å²) in [4.78, 5) is 0. The molecule has 3 saturated carbocycles. The topological polar surface area (TPSA) is 60.0 Å². The molecule has 0 bridgehead atoms. The van der Waals surface area contributed by atoms with Crippen LogP contribution >= 0.6 is 0 Å². The van der Waals surface area contributed by atoms with Crippen LogP contribution in [0.5, 0.6) is 0 Å². The Balaban J connectivity index is 0.852. The summed E-state index contributed by atoms with van der Waals surface area (Å²) in [6, 6.07) is 19.8. The Morgan fingerprint density at radius 3 is 2.41 bits per heavy atom. The molecule has 5 nitrogen and oxygen atoms in total. The number of hydrogen-bond acceptors (Lipinski definition) is 5. The van der Waals surface area contributed by atoms with Crippen LogP contribution in [0.4, 0.5) is 11.4 Å². The van der Waals surface area contributed by atoms with E-state index in [2.05, 4.69) is 62.1 Å². The minimum Gasteiger partial charge on any atom is -0.378 e. The molecule has 0 saturated heterocycles. The van der Waals surface area contributed by atoms with Gasteiger partial charge < -0.3 is 9.26 Å². The predicted molar refractivity (Wildman–Crippen MR) is 208 cm³/mol. The first kappa shape index (κ1) is 36.3. The van der Waals surface area contributed by atoms with E-state index in [1.807, 2.05) is 54.6 Å². The average molecular weight is 690 g/mol. The zero-order chi connectivity index (χ0) is 35.4. The van der Waals surface area contributed by atoms with E-state index < -0.39 is 0 Å². The summed E-state index contributed by atoms with van der Waals surface area (Å²) in [7, 11) is 0. The molecule has 1 heterocycles. The lowest BCUT2D eigenvalue weighted by molar-refractivity contribution is -0.0641. The van der Waals surface area contributed by atoms with Crippen molar-refractivity contribution in [3.05, 3.63) is 78.1 Å². The molecule has 0 radical (unpaired) electrons. The van der Waals surface area contributed by atoms with Crippen molar-refractivity contribution in [2.45, 2.75) is 131 Å². The molecule has 2 aromatic carbocycles. The largest absolute Gasteiger partial charge is 0.378 e. The molecule has 274 valence electrons. The monoisotopic (exact) mass is 689 g/mol. The third-order valence-electron chi connectivity index (χ3n) is 14.2. The van der Waals surface area contributed by atoms with Crippen LogP contribution in [0, 0.1) is 46.3 Å². The molecule has 4 aliphatic rings. The summed E-state index contributed by atoms with van der Waals surface area (Å²) < 4.78 is 12.3. The number of hydrogen-bond donors (Lipinski definition) is 0. The minimum absolute atomic E-state index is 0.379. The Kier molecular flexibility index (Phi) is 11.3. The van der Waals surface area contributed by atoms with Crippen molar-refractivity contribution in [1.82, 2.24) is 5.16 Å². The van der Waals surface area contributed by atoms with E-state index in [0.717, 1.165) is 96.2 Å². The summed E-state index contributed by atoms with van der Waals surface area (Å²) in [5, 5.41) is 13.0. The van der Waals surface area contributed by atoms with Gasteiger partial charge in [0.1, 0.15) is 11.5 Å². The van der Waals surface area contributed by atoms with Crippen LogP contribution < -0.4 is 0 Å². The summed E-state index contributed by atoms with van der Waals surface area (Å²) in [6.45, 7) is 13.6. The van der Waals surface area contributed by atoms with E-state index in [1.54, 1.807) is 5.57 Å². The first-order chi connectivity index (χ1) is 24.7. The van der Waals surface area contributed by atoms with Crippen molar-refractivity contribution < 1.29 is 9.26 Å². The second kappa shape index (κ2) is 15.9. The average Bonchev–Trinajstić information content (AvgIpc) is 3.75. The van der Waals surface area contributed by atoms with Gasteiger partial charge in [0, 0.05) is 24.7 Å². The van der Waals surface area contributed by atoms with E-state index in [4.69, 9.17) is 9.26 Å².